The number of aromatic amines is 1. The van der Waals surface area contributed by atoms with E-state index in [1.807, 2.05) is 0 Å². The summed E-state index contributed by atoms with van der Waals surface area (Å²) < 4.78 is 18.2. The highest BCUT2D eigenvalue weighted by Gasteiger charge is 2.13. The second-order valence-electron chi connectivity index (χ2n) is 5.24. The highest BCUT2D eigenvalue weighted by Crippen LogP contribution is 2.21. The van der Waals surface area contributed by atoms with Crippen LogP contribution < -0.4 is 5.32 Å². The Hall–Kier alpha value is -3.62. The van der Waals surface area contributed by atoms with Gasteiger partial charge in [-0.25, -0.2) is 19.3 Å². The van der Waals surface area contributed by atoms with Crippen molar-refractivity contribution in [2.45, 2.75) is 6.42 Å². The standard InChI is InChI=1S/C16H11FN6O2/c17-10-3-1-9(2-4-10)12-5-11(23-25-12)6-13(24)22-16-14-15(19-7-18-14)20-8-21-16/h1-5,7-8H,6H2,(H2,18,19,20,21,22,24). The highest BCUT2D eigenvalue weighted by atomic mass is 19.1. The van der Waals surface area contributed by atoms with Crippen molar-refractivity contribution in [2.24, 2.45) is 0 Å². The largest absolute Gasteiger partial charge is 0.356 e. The summed E-state index contributed by atoms with van der Waals surface area (Å²) in [5.41, 5.74) is 2.13. The molecule has 0 fully saturated rings. The van der Waals surface area contributed by atoms with Gasteiger partial charge in [0.15, 0.2) is 17.2 Å². The minimum absolute atomic E-state index is 0.00429. The van der Waals surface area contributed by atoms with E-state index in [1.54, 1.807) is 18.2 Å². The number of carbonyl (C=O) groups excluding carboxylic acids is 1. The Balaban J connectivity index is 1.48. The SMILES string of the molecule is O=C(Cc1cc(-c2ccc(F)cc2)on1)Nc1ncnc2nc[nH]c12. The molecular weight excluding hydrogens is 327 g/mol. The van der Waals surface area contributed by atoms with Gasteiger partial charge in [-0.15, -0.1) is 0 Å². The number of hydrogen-bond donors (Lipinski definition) is 2. The van der Waals surface area contributed by atoms with Crippen LogP contribution in [0.5, 0.6) is 0 Å². The van der Waals surface area contributed by atoms with E-state index in [2.05, 4.69) is 30.4 Å². The first kappa shape index (κ1) is 14.9. The summed E-state index contributed by atoms with van der Waals surface area (Å²) >= 11 is 0. The summed E-state index contributed by atoms with van der Waals surface area (Å²) in [6.45, 7) is 0. The van der Waals surface area contributed by atoms with E-state index in [9.17, 15) is 9.18 Å². The lowest BCUT2D eigenvalue weighted by Gasteiger charge is -2.02. The number of anilines is 1. The van der Waals surface area contributed by atoms with Crippen LogP contribution >= 0.6 is 0 Å². The van der Waals surface area contributed by atoms with Crippen LogP contribution in [0, 0.1) is 5.82 Å². The quantitative estimate of drug-likeness (QED) is 0.591. The molecule has 0 saturated heterocycles. The topological polar surface area (TPSA) is 110 Å². The Bertz CT molecular complexity index is 1040. The number of nitrogens with zero attached hydrogens (tertiary/aromatic N) is 4. The zero-order chi connectivity index (χ0) is 17.2. The Kier molecular flexibility index (Phi) is 3.65. The second-order valence-corrected chi connectivity index (χ2v) is 5.24. The fourth-order valence-electron chi connectivity index (χ4n) is 2.35. The number of imidazole rings is 1. The number of amides is 1. The van der Waals surface area contributed by atoms with Gasteiger partial charge in [0.1, 0.15) is 17.7 Å². The van der Waals surface area contributed by atoms with Gasteiger partial charge >= 0.3 is 0 Å². The molecule has 0 saturated carbocycles. The predicted octanol–water partition coefficient (Wildman–Crippen LogP) is 2.33. The fourth-order valence-corrected chi connectivity index (χ4v) is 2.35. The van der Waals surface area contributed by atoms with Crippen molar-refractivity contribution >= 4 is 22.9 Å². The van der Waals surface area contributed by atoms with Crippen molar-refractivity contribution in [2.75, 3.05) is 5.32 Å². The Morgan fingerprint density at radius 3 is 2.88 bits per heavy atom. The molecule has 25 heavy (non-hydrogen) atoms. The van der Waals surface area contributed by atoms with E-state index >= 15 is 0 Å². The first-order valence-corrected chi connectivity index (χ1v) is 7.34. The summed E-state index contributed by atoms with van der Waals surface area (Å²) in [7, 11) is 0. The molecule has 4 rings (SSSR count). The van der Waals surface area contributed by atoms with E-state index < -0.39 is 0 Å². The minimum Gasteiger partial charge on any atom is -0.356 e. The van der Waals surface area contributed by atoms with E-state index in [0.717, 1.165) is 0 Å². The number of benzene rings is 1. The molecule has 0 spiro atoms. The van der Waals surface area contributed by atoms with Crippen LogP contribution in [0.2, 0.25) is 0 Å². The van der Waals surface area contributed by atoms with Gasteiger partial charge in [-0.3, -0.25) is 4.79 Å². The van der Waals surface area contributed by atoms with Crippen LogP contribution in [0.25, 0.3) is 22.5 Å². The number of nitrogens with one attached hydrogen (secondary N) is 2. The highest BCUT2D eigenvalue weighted by molar-refractivity contribution is 5.97. The molecule has 3 aromatic heterocycles. The van der Waals surface area contributed by atoms with E-state index in [1.165, 1.54) is 24.8 Å². The molecule has 124 valence electrons. The molecule has 0 aliphatic carbocycles. The van der Waals surface area contributed by atoms with Gasteiger partial charge in [0.2, 0.25) is 5.91 Å². The number of hydrogen-bond acceptors (Lipinski definition) is 6. The molecule has 0 unspecified atom stereocenters. The monoisotopic (exact) mass is 338 g/mol. The van der Waals surface area contributed by atoms with Crippen LogP contribution in [-0.4, -0.2) is 31.0 Å². The van der Waals surface area contributed by atoms with Gasteiger partial charge in [0.05, 0.1) is 18.4 Å². The fraction of sp³-hybridized carbons (Fsp3) is 0.0625. The number of rotatable bonds is 4. The van der Waals surface area contributed by atoms with Crippen LogP contribution in [0.15, 0.2) is 47.5 Å². The summed E-state index contributed by atoms with van der Waals surface area (Å²) in [5, 5.41) is 6.55. The van der Waals surface area contributed by atoms with Gasteiger partial charge < -0.3 is 14.8 Å². The number of aromatic nitrogens is 5. The third-order valence-corrected chi connectivity index (χ3v) is 3.51. The molecule has 0 aliphatic rings. The number of H-pyrrole nitrogens is 1. The van der Waals surface area contributed by atoms with E-state index in [4.69, 9.17) is 4.52 Å². The molecule has 0 bridgehead atoms. The molecule has 3 heterocycles. The maximum Gasteiger partial charge on any atom is 0.231 e. The zero-order valence-electron chi connectivity index (χ0n) is 12.7. The second kappa shape index (κ2) is 6.11. The van der Waals surface area contributed by atoms with Gasteiger partial charge in [0, 0.05) is 11.6 Å². The van der Waals surface area contributed by atoms with Crippen molar-refractivity contribution < 1.29 is 13.7 Å². The molecule has 9 heteroatoms. The molecule has 4 aromatic rings. The molecule has 1 amide bonds. The summed E-state index contributed by atoms with van der Waals surface area (Å²) in [4.78, 5) is 27.1. The van der Waals surface area contributed by atoms with Gasteiger partial charge in [-0.05, 0) is 24.3 Å². The lowest BCUT2D eigenvalue weighted by atomic mass is 10.1. The molecule has 8 nitrogen and oxygen atoms in total. The van der Waals surface area contributed by atoms with Crippen LogP contribution in [0.1, 0.15) is 5.69 Å². The number of carbonyl (C=O) groups is 1. The van der Waals surface area contributed by atoms with Crippen molar-refractivity contribution in [3.05, 3.63) is 54.5 Å². The predicted molar refractivity (Wildman–Crippen MR) is 85.9 cm³/mol. The van der Waals surface area contributed by atoms with Crippen LogP contribution in [-0.2, 0) is 11.2 Å². The molecular formula is C16H11FN6O2. The summed E-state index contributed by atoms with van der Waals surface area (Å²) in [6, 6.07) is 7.45. The van der Waals surface area contributed by atoms with E-state index in [0.29, 0.717) is 34.0 Å². The zero-order valence-corrected chi connectivity index (χ0v) is 12.7. The van der Waals surface area contributed by atoms with E-state index in [-0.39, 0.29) is 18.1 Å². The smallest absolute Gasteiger partial charge is 0.231 e. The third-order valence-electron chi connectivity index (χ3n) is 3.51. The Morgan fingerprint density at radius 1 is 1.20 bits per heavy atom. The molecule has 0 aliphatic heterocycles. The first-order chi connectivity index (χ1) is 12.2. The maximum absolute atomic E-state index is 13.0. The normalized spacial score (nSPS) is 10.9. The number of halogens is 1. The molecule has 2 N–H and O–H groups in total. The van der Waals surface area contributed by atoms with Gasteiger partial charge in [-0.2, -0.15) is 0 Å². The average molecular weight is 338 g/mol. The maximum atomic E-state index is 13.0. The number of fused-ring (bicyclic) bond motifs is 1. The van der Waals surface area contributed by atoms with Crippen molar-refractivity contribution in [3.63, 3.8) is 0 Å². The van der Waals surface area contributed by atoms with Crippen LogP contribution in [0.4, 0.5) is 10.2 Å². The van der Waals surface area contributed by atoms with Gasteiger partial charge in [0.25, 0.3) is 0 Å². The summed E-state index contributed by atoms with van der Waals surface area (Å²) in [6.07, 6.45) is 2.80. The van der Waals surface area contributed by atoms with Crippen molar-refractivity contribution in [1.29, 1.82) is 0 Å². The third kappa shape index (κ3) is 3.07. The lowest BCUT2D eigenvalue weighted by molar-refractivity contribution is -0.115. The van der Waals surface area contributed by atoms with Crippen LogP contribution in [0.3, 0.4) is 0 Å². The molecule has 1 aromatic carbocycles. The molecule has 0 atom stereocenters. The van der Waals surface area contributed by atoms with Crippen molar-refractivity contribution in [1.82, 2.24) is 25.1 Å². The minimum atomic E-state index is -0.335. The lowest BCUT2D eigenvalue weighted by Crippen LogP contribution is -2.16. The summed E-state index contributed by atoms with van der Waals surface area (Å²) in [5.74, 6) is 0.155. The average Bonchev–Trinajstić information content (AvgIpc) is 3.25. The Morgan fingerprint density at radius 2 is 2.04 bits per heavy atom. The first-order valence-electron chi connectivity index (χ1n) is 7.34. The van der Waals surface area contributed by atoms with Crippen molar-refractivity contribution in [3.8, 4) is 11.3 Å². The van der Waals surface area contributed by atoms with Gasteiger partial charge in [-0.1, -0.05) is 5.16 Å². The Labute approximate surface area is 140 Å². The molecule has 0 radical (unpaired) electrons.